The molecule has 1 nitrogen and oxygen atoms in total. The fourth-order valence-corrected chi connectivity index (χ4v) is 2.97. The van der Waals surface area contributed by atoms with Crippen LogP contribution in [-0.4, -0.2) is 6.54 Å². The molecule has 0 radical (unpaired) electrons. The molecular formula is C19H23N. The summed E-state index contributed by atoms with van der Waals surface area (Å²) in [5, 5.41) is 3.69. The van der Waals surface area contributed by atoms with E-state index < -0.39 is 0 Å². The molecule has 1 saturated carbocycles. The Morgan fingerprint density at radius 3 is 2.65 bits per heavy atom. The lowest BCUT2D eigenvalue weighted by molar-refractivity contribution is 0.543. The predicted octanol–water partition coefficient (Wildman–Crippen LogP) is 4.45. The van der Waals surface area contributed by atoms with Gasteiger partial charge in [0.15, 0.2) is 0 Å². The SMILES string of the molecule is Cc1cccc([C@@H](C)NC[C@@H]2C[C@H]2c2ccccc2)c1. The van der Waals surface area contributed by atoms with Crippen LogP contribution in [0.3, 0.4) is 0 Å². The predicted molar refractivity (Wildman–Crippen MR) is 84.9 cm³/mol. The molecule has 2 aromatic rings. The van der Waals surface area contributed by atoms with Crippen molar-refractivity contribution >= 4 is 0 Å². The van der Waals surface area contributed by atoms with Crippen LogP contribution in [0.5, 0.6) is 0 Å². The summed E-state index contributed by atoms with van der Waals surface area (Å²) in [5.41, 5.74) is 4.23. The molecule has 1 heteroatoms. The fourth-order valence-electron chi connectivity index (χ4n) is 2.97. The molecule has 3 rings (SSSR count). The number of aryl methyl sites for hydroxylation is 1. The first-order valence-electron chi connectivity index (χ1n) is 7.59. The summed E-state index contributed by atoms with van der Waals surface area (Å²) in [4.78, 5) is 0. The van der Waals surface area contributed by atoms with Crippen LogP contribution in [0.25, 0.3) is 0 Å². The van der Waals surface area contributed by atoms with E-state index in [1.807, 2.05) is 0 Å². The molecule has 104 valence electrons. The molecule has 1 aliphatic carbocycles. The molecule has 0 amide bonds. The largest absolute Gasteiger partial charge is 0.310 e. The molecule has 3 atom stereocenters. The van der Waals surface area contributed by atoms with Crippen LogP contribution in [0, 0.1) is 12.8 Å². The lowest BCUT2D eigenvalue weighted by Gasteiger charge is -2.14. The molecule has 2 aromatic carbocycles. The third-order valence-electron chi connectivity index (χ3n) is 4.38. The first-order chi connectivity index (χ1) is 9.74. The summed E-state index contributed by atoms with van der Waals surface area (Å²) < 4.78 is 0. The van der Waals surface area contributed by atoms with E-state index in [0.29, 0.717) is 6.04 Å². The van der Waals surface area contributed by atoms with Gasteiger partial charge >= 0.3 is 0 Å². The molecule has 0 aliphatic heterocycles. The van der Waals surface area contributed by atoms with Gasteiger partial charge in [0.2, 0.25) is 0 Å². The Balaban J connectivity index is 1.52. The Morgan fingerprint density at radius 1 is 1.10 bits per heavy atom. The van der Waals surface area contributed by atoms with E-state index in [0.717, 1.165) is 18.4 Å². The number of benzene rings is 2. The van der Waals surface area contributed by atoms with E-state index in [9.17, 15) is 0 Å². The first-order valence-corrected chi connectivity index (χ1v) is 7.59. The van der Waals surface area contributed by atoms with Crippen molar-refractivity contribution < 1.29 is 0 Å². The normalized spacial score (nSPS) is 22.5. The van der Waals surface area contributed by atoms with Crippen molar-refractivity contribution in [3.63, 3.8) is 0 Å². The number of nitrogens with one attached hydrogen (secondary N) is 1. The maximum Gasteiger partial charge on any atom is 0.0292 e. The van der Waals surface area contributed by atoms with Crippen LogP contribution in [0.2, 0.25) is 0 Å². The second-order valence-electron chi connectivity index (χ2n) is 6.06. The van der Waals surface area contributed by atoms with Crippen LogP contribution in [-0.2, 0) is 0 Å². The van der Waals surface area contributed by atoms with Crippen LogP contribution < -0.4 is 5.32 Å². The van der Waals surface area contributed by atoms with Gasteiger partial charge in [-0.05, 0) is 49.8 Å². The van der Waals surface area contributed by atoms with Gasteiger partial charge in [0, 0.05) is 6.04 Å². The van der Waals surface area contributed by atoms with Crippen molar-refractivity contribution in [3.8, 4) is 0 Å². The average Bonchev–Trinajstić information content (AvgIpc) is 3.25. The zero-order chi connectivity index (χ0) is 13.9. The Labute approximate surface area is 122 Å². The van der Waals surface area contributed by atoms with Crippen molar-refractivity contribution in [2.75, 3.05) is 6.54 Å². The molecule has 0 saturated heterocycles. The van der Waals surface area contributed by atoms with Crippen molar-refractivity contribution in [2.45, 2.75) is 32.2 Å². The van der Waals surface area contributed by atoms with Gasteiger partial charge in [-0.15, -0.1) is 0 Å². The summed E-state index contributed by atoms with van der Waals surface area (Å²) in [6.45, 7) is 5.53. The number of rotatable bonds is 5. The molecule has 0 aromatic heterocycles. The maximum absolute atomic E-state index is 3.69. The third-order valence-corrected chi connectivity index (χ3v) is 4.38. The van der Waals surface area contributed by atoms with Crippen LogP contribution in [0.1, 0.15) is 42.0 Å². The highest BCUT2D eigenvalue weighted by Gasteiger charge is 2.37. The second kappa shape index (κ2) is 5.80. The van der Waals surface area contributed by atoms with E-state index in [1.54, 1.807) is 0 Å². The molecule has 1 N–H and O–H groups in total. The fraction of sp³-hybridized carbons (Fsp3) is 0.368. The molecule has 0 heterocycles. The topological polar surface area (TPSA) is 12.0 Å². The summed E-state index contributed by atoms with van der Waals surface area (Å²) in [6.07, 6.45) is 1.33. The second-order valence-corrected chi connectivity index (χ2v) is 6.06. The molecule has 0 bridgehead atoms. The Morgan fingerprint density at radius 2 is 1.90 bits per heavy atom. The van der Waals surface area contributed by atoms with Gasteiger partial charge < -0.3 is 5.32 Å². The zero-order valence-corrected chi connectivity index (χ0v) is 12.3. The van der Waals surface area contributed by atoms with E-state index in [2.05, 4.69) is 73.8 Å². The lowest BCUT2D eigenvalue weighted by atomic mass is 10.1. The van der Waals surface area contributed by atoms with Gasteiger partial charge in [-0.2, -0.15) is 0 Å². The third kappa shape index (κ3) is 3.10. The van der Waals surface area contributed by atoms with Gasteiger partial charge in [-0.3, -0.25) is 0 Å². The lowest BCUT2D eigenvalue weighted by Crippen LogP contribution is -2.21. The van der Waals surface area contributed by atoms with Gasteiger partial charge in [-0.1, -0.05) is 60.2 Å². The highest BCUT2D eigenvalue weighted by atomic mass is 14.9. The monoisotopic (exact) mass is 265 g/mol. The van der Waals surface area contributed by atoms with Crippen LogP contribution in [0.4, 0.5) is 0 Å². The van der Waals surface area contributed by atoms with Crippen molar-refractivity contribution in [1.29, 1.82) is 0 Å². The van der Waals surface area contributed by atoms with E-state index in [1.165, 1.54) is 23.1 Å². The Bertz CT molecular complexity index is 561. The van der Waals surface area contributed by atoms with E-state index >= 15 is 0 Å². The summed E-state index contributed by atoms with van der Waals surface area (Å²) in [5.74, 6) is 1.58. The van der Waals surface area contributed by atoms with Crippen molar-refractivity contribution in [2.24, 2.45) is 5.92 Å². The first kappa shape index (κ1) is 13.4. The van der Waals surface area contributed by atoms with Crippen molar-refractivity contribution in [1.82, 2.24) is 5.32 Å². The minimum absolute atomic E-state index is 0.437. The van der Waals surface area contributed by atoms with Gasteiger partial charge in [0.1, 0.15) is 0 Å². The van der Waals surface area contributed by atoms with Gasteiger partial charge in [0.05, 0.1) is 0 Å². The Kier molecular flexibility index (Phi) is 3.88. The van der Waals surface area contributed by atoms with E-state index in [-0.39, 0.29) is 0 Å². The maximum atomic E-state index is 3.69. The number of hydrogen-bond donors (Lipinski definition) is 1. The highest BCUT2D eigenvalue weighted by molar-refractivity contribution is 5.27. The number of hydrogen-bond acceptors (Lipinski definition) is 1. The molecule has 0 spiro atoms. The summed E-state index contributed by atoms with van der Waals surface area (Å²) in [6, 6.07) is 20.1. The molecule has 1 fully saturated rings. The van der Waals surface area contributed by atoms with Crippen LogP contribution in [0.15, 0.2) is 54.6 Å². The average molecular weight is 265 g/mol. The van der Waals surface area contributed by atoms with Gasteiger partial charge in [-0.25, -0.2) is 0 Å². The molecular weight excluding hydrogens is 242 g/mol. The summed E-state index contributed by atoms with van der Waals surface area (Å²) >= 11 is 0. The highest BCUT2D eigenvalue weighted by Crippen LogP contribution is 2.47. The molecule has 1 aliphatic rings. The molecule has 20 heavy (non-hydrogen) atoms. The summed E-state index contributed by atoms with van der Waals surface area (Å²) in [7, 11) is 0. The minimum Gasteiger partial charge on any atom is -0.310 e. The van der Waals surface area contributed by atoms with Crippen LogP contribution >= 0.6 is 0 Å². The van der Waals surface area contributed by atoms with E-state index in [4.69, 9.17) is 0 Å². The molecule has 0 unspecified atom stereocenters. The smallest absolute Gasteiger partial charge is 0.0292 e. The zero-order valence-electron chi connectivity index (χ0n) is 12.3. The minimum atomic E-state index is 0.437. The Hall–Kier alpha value is -1.60. The standard InChI is InChI=1S/C19H23N/c1-14-7-6-10-17(11-14)15(2)20-13-18-12-19(18)16-8-4-3-5-9-16/h3-11,15,18-20H,12-13H2,1-2H3/t15-,18+,19+/m1/s1. The van der Waals surface area contributed by atoms with Crippen molar-refractivity contribution in [3.05, 3.63) is 71.3 Å². The van der Waals surface area contributed by atoms with Gasteiger partial charge in [0.25, 0.3) is 0 Å². The quantitative estimate of drug-likeness (QED) is 0.842.